The summed E-state index contributed by atoms with van der Waals surface area (Å²) in [6, 6.07) is -0.298. The highest BCUT2D eigenvalue weighted by Gasteiger charge is 2.11. The van der Waals surface area contributed by atoms with Gasteiger partial charge >= 0.3 is 0 Å². The Morgan fingerprint density at radius 3 is 2.92 bits per heavy atom. The summed E-state index contributed by atoms with van der Waals surface area (Å²) in [6.45, 7) is 1.89. The van der Waals surface area contributed by atoms with Gasteiger partial charge in [-0.1, -0.05) is 0 Å². The van der Waals surface area contributed by atoms with E-state index < -0.39 is 0 Å². The first-order valence-corrected chi connectivity index (χ1v) is 4.37. The number of carbonyl (C=O) groups excluding carboxylic acids is 1. The highest BCUT2D eigenvalue weighted by molar-refractivity contribution is 7.11. The standard InChI is InChI=1S/C7H11N3OS/c1-4-10-3-6(12-4)5(8)2-7(9)11/h3,5H,2,8H2,1H3,(H2,9,11)/t5-/m0/s1. The average Bonchev–Trinajstić information content (AvgIpc) is 2.34. The van der Waals surface area contributed by atoms with Crippen molar-refractivity contribution in [3.63, 3.8) is 0 Å². The average molecular weight is 185 g/mol. The summed E-state index contributed by atoms with van der Waals surface area (Å²) in [7, 11) is 0. The van der Waals surface area contributed by atoms with Crippen LogP contribution in [0.4, 0.5) is 0 Å². The molecule has 0 bridgehead atoms. The van der Waals surface area contributed by atoms with Gasteiger partial charge in [0.2, 0.25) is 5.91 Å². The van der Waals surface area contributed by atoms with Crippen LogP contribution in [0, 0.1) is 6.92 Å². The molecule has 0 spiro atoms. The molecule has 1 rings (SSSR count). The molecule has 12 heavy (non-hydrogen) atoms. The zero-order valence-corrected chi connectivity index (χ0v) is 7.60. The monoisotopic (exact) mass is 185 g/mol. The number of nitrogens with two attached hydrogens (primary N) is 2. The van der Waals surface area contributed by atoms with Crippen LogP contribution in [-0.4, -0.2) is 10.9 Å². The SMILES string of the molecule is Cc1ncc([C@@H](N)CC(N)=O)s1. The molecule has 1 heterocycles. The topological polar surface area (TPSA) is 82.0 Å². The van der Waals surface area contributed by atoms with E-state index in [4.69, 9.17) is 11.5 Å². The number of rotatable bonds is 3. The fourth-order valence-corrected chi connectivity index (χ4v) is 1.65. The van der Waals surface area contributed by atoms with Gasteiger partial charge < -0.3 is 11.5 Å². The number of aromatic nitrogens is 1. The predicted octanol–water partition coefficient (Wildman–Crippen LogP) is 0.327. The van der Waals surface area contributed by atoms with Crippen LogP contribution < -0.4 is 11.5 Å². The Bertz CT molecular complexity index is 284. The number of aryl methyl sites for hydroxylation is 1. The van der Waals surface area contributed by atoms with Crippen molar-refractivity contribution in [3.05, 3.63) is 16.1 Å². The second-order valence-corrected chi connectivity index (χ2v) is 3.82. The van der Waals surface area contributed by atoms with Crippen LogP contribution in [0.2, 0.25) is 0 Å². The normalized spacial score (nSPS) is 12.8. The molecule has 1 aromatic rings. The molecule has 0 unspecified atom stereocenters. The first-order chi connectivity index (χ1) is 5.59. The number of primary amides is 1. The summed E-state index contributed by atoms with van der Waals surface area (Å²) in [5.41, 5.74) is 10.7. The van der Waals surface area contributed by atoms with Gasteiger partial charge in [-0.25, -0.2) is 4.98 Å². The van der Waals surface area contributed by atoms with Crippen molar-refractivity contribution in [1.82, 2.24) is 4.98 Å². The summed E-state index contributed by atoms with van der Waals surface area (Å²) in [6.07, 6.45) is 1.87. The first-order valence-electron chi connectivity index (χ1n) is 3.56. The summed E-state index contributed by atoms with van der Waals surface area (Å²) >= 11 is 1.49. The Morgan fingerprint density at radius 2 is 2.50 bits per heavy atom. The van der Waals surface area contributed by atoms with E-state index in [1.54, 1.807) is 6.20 Å². The van der Waals surface area contributed by atoms with Crippen LogP contribution in [-0.2, 0) is 4.79 Å². The molecule has 4 N–H and O–H groups in total. The molecular formula is C7H11N3OS. The van der Waals surface area contributed by atoms with Crippen molar-refractivity contribution in [2.24, 2.45) is 11.5 Å². The number of carbonyl (C=O) groups is 1. The molecule has 1 amide bonds. The van der Waals surface area contributed by atoms with Gasteiger partial charge in [0.1, 0.15) is 0 Å². The molecule has 0 saturated heterocycles. The number of hydrogen-bond donors (Lipinski definition) is 2. The molecule has 4 nitrogen and oxygen atoms in total. The highest BCUT2D eigenvalue weighted by Crippen LogP contribution is 2.20. The van der Waals surface area contributed by atoms with Crippen molar-refractivity contribution in [1.29, 1.82) is 0 Å². The van der Waals surface area contributed by atoms with Gasteiger partial charge in [0.05, 0.1) is 5.01 Å². The van der Waals surface area contributed by atoms with Gasteiger partial charge in [0.15, 0.2) is 0 Å². The molecule has 0 aliphatic carbocycles. The minimum atomic E-state index is -0.381. The zero-order valence-electron chi connectivity index (χ0n) is 6.78. The van der Waals surface area contributed by atoms with Crippen molar-refractivity contribution in [3.8, 4) is 0 Å². The van der Waals surface area contributed by atoms with Crippen LogP contribution >= 0.6 is 11.3 Å². The lowest BCUT2D eigenvalue weighted by molar-refractivity contribution is -0.118. The predicted molar refractivity (Wildman–Crippen MR) is 47.6 cm³/mol. The maximum Gasteiger partial charge on any atom is 0.219 e. The molecule has 0 saturated carbocycles. The Kier molecular flexibility index (Phi) is 2.78. The van der Waals surface area contributed by atoms with Gasteiger partial charge in [-0.2, -0.15) is 0 Å². The molecular weight excluding hydrogens is 174 g/mol. The Hall–Kier alpha value is -0.940. The molecule has 0 radical (unpaired) electrons. The quantitative estimate of drug-likeness (QED) is 0.711. The lowest BCUT2D eigenvalue weighted by atomic mass is 10.2. The van der Waals surface area contributed by atoms with Gasteiger partial charge in [0.25, 0.3) is 0 Å². The van der Waals surface area contributed by atoms with E-state index in [1.165, 1.54) is 11.3 Å². The number of amides is 1. The van der Waals surface area contributed by atoms with E-state index >= 15 is 0 Å². The first kappa shape index (κ1) is 9.15. The Labute approximate surface area is 74.6 Å². The Balaban J connectivity index is 2.64. The van der Waals surface area contributed by atoms with E-state index in [0.29, 0.717) is 0 Å². The minimum absolute atomic E-state index is 0.182. The number of nitrogens with zero attached hydrogens (tertiary/aromatic N) is 1. The molecule has 0 aromatic carbocycles. The number of hydrogen-bond acceptors (Lipinski definition) is 4. The fourth-order valence-electron chi connectivity index (χ4n) is 0.867. The second kappa shape index (κ2) is 3.64. The summed E-state index contributed by atoms with van der Waals surface area (Å²) in [5.74, 6) is -0.381. The van der Waals surface area contributed by atoms with Crippen LogP contribution in [0.1, 0.15) is 22.3 Å². The van der Waals surface area contributed by atoms with Gasteiger partial charge in [0, 0.05) is 23.5 Å². The van der Waals surface area contributed by atoms with Crippen LogP contribution in [0.5, 0.6) is 0 Å². The van der Waals surface area contributed by atoms with Gasteiger partial charge in [-0.3, -0.25) is 4.79 Å². The maximum atomic E-state index is 10.5. The maximum absolute atomic E-state index is 10.5. The zero-order chi connectivity index (χ0) is 9.14. The molecule has 0 aliphatic heterocycles. The second-order valence-electron chi connectivity index (χ2n) is 2.56. The lowest BCUT2D eigenvalue weighted by Gasteiger charge is -2.04. The van der Waals surface area contributed by atoms with Crippen molar-refractivity contribution in [2.75, 3.05) is 0 Å². The third-order valence-electron chi connectivity index (χ3n) is 1.43. The molecule has 1 atom stereocenters. The van der Waals surface area contributed by atoms with E-state index in [1.807, 2.05) is 6.92 Å². The third kappa shape index (κ3) is 2.28. The molecule has 0 fully saturated rings. The van der Waals surface area contributed by atoms with Crippen molar-refractivity contribution in [2.45, 2.75) is 19.4 Å². The molecule has 5 heteroatoms. The summed E-state index contributed by atoms with van der Waals surface area (Å²) < 4.78 is 0. The largest absolute Gasteiger partial charge is 0.370 e. The molecule has 66 valence electrons. The smallest absolute Gasteiger partial charge is 0.219 e. The lowest BCUT2D eigenvalue weighted by Crippen LogP contribution is -2.19. The van der Waals surface area contributed by atoms with E-state index in [-0.39, 0.29) is 18.4 Å². The highest BCUT2D eigenvalue weighted by atomic mass is 32.1. The van der Waals surface area contributed by atoms with Crippen LogP contribution in [0.15, 0.2) is 6.20 Å². The van der Waals surface area contributed by atoms with Crippen LogP contribution in [0.3, 0.4) is 0 Å². The summed E-state index contributed by atoms with van der Waals surface area (Å²) in [4.78, 5) is 15.5. The van der Waals surface area contributed by atoms with Crippen molar-refractivity contribution < 1.29 is 4.79 Å². The molecule has 0 aliphatic rings. The van der Waals surface area contributed by atoms with E-state index in [0.717, 1.165) is 9.88 Å². The van der Waals surface area contributed by atoms with Crippen molar-refractivity contribution >= 4 is 17.2 Å². The molecule has 1 aromatic heterocycles. The van der Waals surface area contributed by atoms with E-state index in [2.05, 4.69) is 4.98 Å². The Morgan fingerprint density at radius 1 is 1.83 bits per heavy atom. The summed E-state index contributed by atoms with van der Waals surface area (Å²) in [5, 5.41) is 0.949. The minimum Gasteiger partial charge on any atom is -0.370 e. The van der Waals surface area contributed by atoms with Gasteiger partial charge in [-0.15, -0.1) is 11.3 Å². The fraction of sp³-hybridized carbons (Fsp3) is 0.429. The third-order valence-corrected chi connectivity index (χ3v) is 2.47. The van der Waals surface area contributed by atoms with Gasteiger partial charge in [-0.05, 0) is 6.92 Å². The number of thiazole rings is 1. The van der Waals surface area contributed by atoms with Crippen LogP contribution in [0.25, 0.3) is 0 Å². The van der Waals surface area contributed by atoms with E-state index in [9.17, 15) is 4.79 Å².